The van der Waals surface area contributed by atoms with Crippen LogP contribution in [-0.4, -0.2) is 32.3 Å². The third-order valence-corrected chi connectivity index (χ3v) is 8.07. The van der Waals surface area contributed by atoms with Gasteiger partial charge < -0.3 is 5.32 Å². The molecule has 7 heteroatoms. The minimum Gasteiger partial charge on any atom is -0.348 e. The summed E-state index contributed by atoms with van der Waals surface area (Å²) >= 11 is 0. The van der Waals surface area contributed by atoms with Crippen molar-refractivity contribution in [2.45, 2.75) is 51.6 Å². The van der Waals surface area contributed by atoms with E-state index in [4.69, 9.17) is 0 Å². The molecule has 1 heterocycles. The number of nitrogens with zero attached hydrogens (tertiary/aromatic N) is 1. The maximum Gasteiger partial charge on any atom is 0.262 e. The van der Waals surface area contributed by atoms with Gasteiger partial charge in [-0.1, -0.05) is 36.4 Å². The second-order valence-corrected chi connectivity index (χ2v) is 11.0. The quantitative estimate of drug-likeness (QED) is 0.468. The van der Waals surface area contributed by atoms with Crippen LogP contribution in [0.25, 0.3) is 0 Å². The molecule has 0 spiro atoms. The highest BCUT2D eigenvalue weighted by Crippen LogP contribution is 2.23. The first kappa shape index (κ1) is 24.9. The Labute approximate surface area is 208 Å². The van der Waals surface area contributed by atoms with Gasteiger partial charge in [0.15, 0.2) is 0 Å². The van der Waals surface area contributed by atoms with Crippen LogP contribution in [-0.2, 0) is 23.1 Å². The van der Waals surface area contributed by atoms with Crippen molar-refractivity contribution in [3.05, 3.63) is 94.0 Å². The first-order valence-electron chi connectivity index (χ1n) is 12.0. The third kappa shape index (κ3) is 6.29. The number of anilines is 1. The Bertz CT molecular complexity index is 1330. The monoisotopic (exact) mass is 491 g/mol. The molecule has 184 valence electrons. The van der Waals surface area contributed by atoms with Crippen molar-refractivity contribution < 1.29 is 13.2 Å². The molecule has 6 nitrogen and oxygen atoms in total. The zero-order valence-corrected chi connectivity index (χ0v) is 21.4. The number of carbonyl (C=O) groups excluding carboxylic acids is 1. The highest BCUT2D eigenvalue weighted by molar-refractivity contribution is 7.92. The van der Waals surface area contributed by atoms with Gasteiger partial charge in [0.1, 0.15) is 0 Å². The molecule has 2 N–H and O–H groups in total. The van der Waals surface area contributed by atoms with Gasteiger partial charge in [-0.15, -0.1) is 0 Å². The molecule has 1 aliphatic rings. The topological polar surface area (TPSA) is 78.5 Å². The lowest BCUT2D eigenvalue weighted by Crippen LogP contribution is -2.24. The minimum atomic E-state index is -3.85. The van der Waals surface area contributed by atoms with Crippen LogP contribution in [0.5, 0.6) is 0 Å². The Morgan fingerprint density at radius 3 is 2.31 bits per heavy atom. The Kier molecular flexibility index (Phi) is 7.57. The van der Waals surface area contributed by atoms with Gasteiger partial charge in [0.2, 0.25) is 0 Å². The molecule has 0 aliphatic carbocycles. The normalized spacial score (nSPS) is 14.1. The summed E-state index contributed by atoms with van der Waals surface area (Å²) in [6.45, 7) is 9.21. The van der Waals surface area contributed by atoms with Crippen LogP contribution >= 0.6 is 0 Å². The average Bonchev–Trinajstić information content (AvgIpc) is 3.33. The lowest BCUT2D eigenvalue weighted by Gasteiger charge is -2.15. The van der Waals surface area contributed by atoms with E-state index in [0.717, 1.165) is 36.3 Å². The molecule has 1 aliphatic heterocycles. The number of likely N-dealkylation sites (tertiary alicyclic amines) is 1. The standard InChI is InChI=1S/C28H33N3O3S/c1-20-10-12-26(15-22(20)3)30-35(33,34)27-17-25(11-9-21(27)2)28(32)29-18-23-7-6-8-24(16-23)19-31-13-4-5-14-31/h6-12,15-17,30H,4-5,13-14,18-19H2,1-3H3,(H,29,32). The number of carbonyl (C=O) groups is 1. The predicted octanol–water partition coefficient (Wildman–Crippen LogP) is 4.94. The summed E-state index contributed by atoms with van der Waals surface area (Å²) in [5, 5.41) is 2.93. The molecule has 3 aromatic carbocycles. The number of amides is 1. The second-order valence-electron chi connectivity index (χ2n) is 9.37. The lowest BCUT2D eigenvalue weighted by molar-refractivity contribution is 0.0950. The molecule has 0 aromatic heterocycles. The summed E-state index contributed by atoms with van der Waals surface area (Å²) in [7, 11) is -3.85. The largest absolute Gasteiger partial charge is 0.348 e. The molecule has 0 bridgehead atoms. The fraction of sp³-hybridized carbons (Fsp3) is 0.321. The molecule has 3 aromatic rings. The van der Waals surface area contributed by atoms with Crippen LogP contribution < -0.4 is 10.0 Å². The van der Waals surface area contributed by atoms with Crippen LogP contribution in [0.3, 0.4) is 0 Å². The van der Waals surface area contributed by atoms with E-state index in [1.807, 2.05) is 32.0 Å². The van der Waals surface area contributed by atoms with Crippen molar-refractivity contribution in [3.63, 3.8) is 0 Å². The molecule has 1 fully saturated rings. The van der Waals surface area contributed by atoms with Crippen molar-refractivity contribution in [2.24, 2.45) is 0 Å². The Morgan fingerprint density at radius 1 is 0.857 bits per heavy atom. The van der Waals surface area contributed by atoms with Crippen LogP contribution in [0.4, 0.5) is 5.69 Å². The zero-order chi connectivity index (χ0) is 25.0. The molecule has 35 heavy (non-hydrogen) atoms. The van der Waals surface area contributed by atoms with E-state index in [-0.39, 0.29) is 10.8 Å². The number of sulfonamides is 1. The number of benzene rings is 3. The fourth-order valence-electron chi connectivity index (χ4n) is 4.37. The lowest BCUT2D eigenvalue weighted by atomic mass is 10.1. The van der Waals surface area contributed by atoms with Crippen molar-refractivity contribution >= 4 is 21.6 Å². The van der Waals surface area contributed by atoms with Gasteiger partial charge in [0.05, 0.1) is 4.90 Å². The molecule has 0 atom stereocenters. The SMILES string of the molecule is Cc1ccc(NS(=O)(=O)c2cc(C(=O)NCc3cccc(CN4CCCC4)c3)ccc2C)cc1C. The summed E-state index contributed by atoms with van der Waals surface area (Å²) in [5.74, 6) is -0.308. The maximum atomic E-state index is 13.1. The van der Waals surface area contributed by atoms with E-state index >= 15 is 0 Å². The molecule has 4 rings (SSSR count). The highest BCUT2D eigenvalue weighted by Gasteiger charge is 2.20. The second kappa shape index (κ2) is 10.6. The molecule has 0 unspecified atom stereocenters. The predicted molar refractivity (Wildman–Crippen MR) is 140 cm³/mol. The summed E-state index contributed by atoms with van der Waals surface area (Å²) in [5.41, 5.74) is 5.73. The minimum absolute atomic E-state index is 0.0935. The van der Waals surface area contributed by atoms with Gasteiger partial charge in [-0.2, -0.15) is 0 Å². The van der Waals surface area contributed by atoms with Gasteiger partial charge in [-0.3, -0.25) is 14.4 Å². The summed E-state index contributed by atoms with van der Waals surface area (Å²) in [6.07, 6.45) is 2.51. The van der Waals surface area contributed by atoms with Crippen LogP contribution in [0, 0.1) is 20.8 Å². The van der Waals surface area contributed by atoms with Gasteiger partial charge in [-0.25, -0.2) is 8.42 Å². The maximum absolute atomic E-state index is 13.1. The van der Waals surface area contributed by atoms with Crippen molar-refractivity contribution in [1.82, 2.24) is 10.2 Å². The molecule has 1 amide bonds. The smallest absolute Gasteiger partial charge is 0.262 e. The van der Waals surface area contributed by atoms with E-state index < -0.39 is 10.0 Å². The molecular formula is C28H33N3O3S. The Balaban J connectivity index is 1.45. The molecule has 1 saturated heterocycles. The number of hydrogen-bond donors (Lipinski definition) is 2. The number of hydrogen-bond acceptors (Lipinski definition) is 4. The van der Waals surface area contributed by atoms with E-state index in [0.29, 0.717) is 23.4 Å². The highest BCUT2D eigenvalue weighted by atomic mass is 32.2. The van der Waals surface area contributed by atoms with Crippen LogP contribution in [0.2, 0.25) is 0 Å². The molecule has 0 radical (unpaired) electrons. The zero-order valence-electron chi connectivity index (χ0n) is 20.6. The molecular weight excluding hydrogens is 458 g/mol. The number of rotatable bonds is 8. The first-order chi connectivity index (χ1) is 16.7. The van der Waals surface area contributed by atoms with E-state index in [1.165, 1.54) is 24.5 Å². The van der Waals surface area contributed by atoms with Crippen molar-refractivity contribution in [3.8, 4) is 0 Å². The van der Waals surface area contributed by atoms with E-state index in [1.54, 1.807) is 31.2 Å². The van der Waals surface area contributed by atoms with E-state index in [2.05, 4.69) is 27.1 Å². The number of nitrogens with one attached hydrogen (secondary N) is 2. The third-order valence-electron chi connectivity index (χ3n) is 6.55. The Hall–Kier alpha value is -3.16. The summed E-state index contributed by atoms with van der Waals surface area (Å²) < 4.78 is 28.9. The van der Waals surface area contributed by atoms with Crippen molar-refractivity contribution in [2.75, 3.05) is 17.8 Å². The van der Waals surface area contributed by atoms with Crippen LogP contribution in [0.15, 0.2) is 65.6 Å². The molecule has 0 saturated carbocycles. The summed E-state index contributed by atoms with van der Waals surface area (Å²) in [6, 6.07) is 18.4. The number of aryl methyl sites for hydroxylation is 3. The van der Waals surface area contributed by atoms with E-state index in [9.17, 15) is 13.2 Å². The van der Waals surface area contributed by atoms with Gasteiger partial charge >= 0.3 is 0 Å². The van der Waals surface area contributed by atoms with Gasteiger partial charge in [0, 0.05) is 24.3 Å². The summed E-state index contributed by atoms with van der Waals surface area (Å²) in [4.78, 5) is 15.4. The van der Waals surface area contributed by atoms with Crippen LogP contribution in [0.1, 0.15) is 51.0 Å². The van der Waals surface area contributed by atoms with Gasteiger partial charge in [-0.05, 0) is 98.8 Å². The Morgan fingerprint density at radius 2 is 1.57 bits per heavy atom. The van der Waals surface area contributed by atoms with Crippen molar-refractivity contribution in [1.29, 1.82) is 0 Å². The first-order valence-corrected chi connectivity index (χ1v) is 13.5. The average molecular weight is 492 g/mol. The fourth-order valence-corrected chi connectivity index (χ4v) is 5.69. The van der Waals surface area contributed by atoms with Gasteiger partial charge in [0.25, 0.3) is 15.9 Å².